The number of carbonyl (C=O) groups is 1. The van der Waals surface area contributed by atoms with E-state index in [2.05, 4.69) is 4.99 Å². The highest BCUT2D eigenvalue weighted by Crippen LogP contribution is 2.31. The highest BCUT2D eigenvalue weighted by atomic mass is 16.5. The molecule has 1 aliphatic rings. The smallest absolute Gasteiger partial charge is 0.223 e. The maximum absolute atomic E-state index is 11.1. The van der Waals surface area contributed by atoms with Crippen molar-refractivity contribution < 1.29 is 9.53 Å². The first-order valence-electron chi connectivity index (χ1n) is 5.74. The highest BCUT2D eigenvalue weighted by Gasteiger charge is 2.22. The number of ether oxygens (including phenoxy) is 1. The molecule has 1 unspecified atom stereocenters. The molecule has 0 fully saturated rings. The summed E-state index contributed by atoms with van der Waals surface area (Å²) in [5, 5.41) is 0. The zero-order valence-electron chi connectivity index (χ0n) is 9.61. The Kier molecular flexibility index (Phi) is 2.65. The molecular formula is C15H11NO2. The van der Waals surface area contributed by atoms with Crippen LogP contribution in [0.5, 0.6) is 5.75 Å². The molecule has 0 spiro atoms. The van der Waals surface area contributed by atoms with Crippen LogP contribution < -0.4 is 4.74 Å². The molecule has 1 atom stereocenters. The average molecular weight is 237 g/mol. The Hall–Kier alpha value is -2.42. The normalized spacial score (nSPS) is 17.3. The van der Waals surface area contributed by atoms with Gasteiger partial charge in [-0.1, -0.05) is 36.4 Å². The highest BCUT2D eigenvalue weighted by molar-refractivity contribution is 5.98. The van der Waals surface area contributed by atoms with Crippen molar-refractivity contribution >= 4 is 12.2 Å². The third kappa shape index (κ3) is 1.80. The molecule has 18 heavy (non-hydrogen) atoms. The van der Waals surface area contributed by atoms with Gasteiger partial charge in [0.15, 0.2) is 0 Å². The van der Waals surface area contributed by atoms with E-state index < -0.39 is 6.04 Å². The summed E-state index contributed by atoms with van der Waals surface area (Å²) in [5.41, 5.74) is 1.69. The maximum Gasteiger partial charge on any atom is 0.223 e. The summed E-state index contributed by atoms with van der Waals surface area (Å²) in [6, 6.07) is 16.6. The molecule has 0 saturated heterocycles. The van der Waals surface area contributed by atoms with Gasteiger partial charge in [0, 0.05) is 11.1 Å². The Morgan fingerprint density at radius 3 is 2.50 bits per heavy atom. The quantitative estimate of drug-likeness (QED) is 0.753. The third-order valence-electron chi connectivity index (χ3n) is 2.85. The summed E-state index contributed by atoms with van der Waals surface area (Å²) < 4.78 is 5.74. The number of rotatable bonds is 2. The average Bonchev–Trinajstić information content (AvgIpc) is 2.47. The predicted molar refractivity (Wildman–Crippen MR) is 68.9 cm³/mol. The minimum atomic E-state index is -0.481. The van der Waals surface area contributed by atoms with Crippen molar-refractivity contribution in [3.8, 4) is 5.75 Å². The molecule has 3 heteroatoms. The first kappa shape index (κ1) is 10.7. The van der Waals surface area contributed by atoms with Crippen molar-refractivity contribution in [1.82, 2.24) is 0 Å². The second kappa shape index (κ2) is 4.45. The fourth-order valence-electron chi connectivity index (χ4n) is 1.96. The van der Waals surface area contributed by atoms with Crippen molar-refractivity contribution in [3.63, 3.8) is 0 Å². The van der Waals surface area contributed by atoms with Gasteiger partial charge in [-0.05, 0) is 18.2 Å². The Labute approximate surface area is 105 Å². The van der Waals surface area contributed by atoms with Crippen LogP contribution in [-0.2, 0) is 4.79 Å². The fraction of sp³-hybridized carbons (Fsp3) is 0.0667. The van der Waals surface area contributed by atoms with Crippen LogP contribution in [0, 0.1) is 0 Å². The Bertz CT molecular complexity index is 605. The Morgan fingerprint density at radius 1 is 1.00 bits per heavy atom. The predicted octanol–water partition coefficient (Wildman–Crippen LogP) is 2.77. The first-order chi connectivity index (χ1) is 8.88. The molecule has 88 valence electrons. The van der Waals surface area contributed by atoms with E-state index in [1.807, 2.05) is 54.6 Å². The second-order valence-electron chi connectivity index (χ2n) is 4.02. The number of fused-ring (bicyclic) bond motifs is 1. The van der Waals surface area contributed by atoms with E-state index in [1.165, 1.54) is 0 Å². The summed E-state index contributed by atoms with van der Waals surface area (Å²) in [4.78, 5) is 15.5. The summed E-state index contributed by atoms with van der Waals surface area (Å²) in [6.07, 6.45) is 0.838. The van der Waals surface area contributed by atoms with Crippen molar-refractivity contribution in [1.29, 1.82) is 0 Å². The Balaban J connectivity index is 2.06. The monoisotopic (exact) mass is 237 g/mol. The van der Waals surface area contributed by atoms with Gasteiger partial charge in [-0.2, -0.15) is 0 Å². The number of nitrogens with zero attached hydrogens (tertiary/aromatic N) is 1. The topological polar surface area (TPSA) is 38.7 Å². The standard InChI is InChI=1S/C15H11NO2/c17-10-13-12-8-4-5-9-14(12)18-15(16-13)11-6-2-1-3-7-11/h1-10,13H. The third-order valence-corrected chi connectivity index (χ3v) is 2.85. The van der Waals surface area contributed by atoms with E-state index in [0.717, 1.165) is 17.4 Å². The van der Waals surface area contributed by atoms with Crippen molar-refractivity contribution in [3.05, 3.63) is 65.7 Å². The van der Waals surface area contributed by atoms with Crippen molar-refractivity contribution in [2.75, 3.05) is 0 Å². The van der Waals surface area contributed by atoms with Gasteiger partial charge in [0.1, 0.15) is 18.1 Å². The number of benzene rings is 2. The number of aliphatic imine (C=N–C) groups is 1. The summed E-state index contributed by atoms with van der Waals surface area (Å²) in [5.74, 6) is 1.19. The molecule has 0 N–H and O–H groups in total. The molecule has 2 aromatic rings. The lowest BCUT2D eigenvalue weighted by Crippen LogP contribution is -2.19. The molecular weight excluding hydrogens is 226 g/mol. The zero-order chi connectivity index (χ0) is 12.4. The summed E-state index contributed by atoms with van der Waals surface area (Å²) in [7, 11) is 0. The van der Waals surface area contributed by atoms with Gasteiger partial charge in [0.05, 0.1) is 0 Å². The Morgan fingerprint density at radius 2 is 1.72 bits per heavy atom. The molecule has 1 heterocycles. The van der Waals surface area contributed by atoms with E-state index in [-0.39, 0.29) is 0 Å². The van der Waals surface area contributed by atoms with Gasteiger partial charge < -0.3 is 9.53 Å². The largest absolute Gasteiger partial charge is 0.438 e. The molecule has 2 aromatic carbocycles. The van der Waals surface area contributed by atoms with E-state index in [0.29, 0.717) is 11.6 Å². The zero-order valence-corrected chi connectivity index (χ0v) is 9.61. The van der Waals surface area contributed by atoms with Gasteiger partial charge in [-0.15, -0.1) is 0 Å². The van der Waals surface area contributed by atoms with Crippen molar-refractivity contribution in [2.24, 2.45) is 4.99 Å². The van der Waals surface area contributed by atoms with Crippen LogP contribution in [0.3, 0.4) is 0 Å². The number of hydrogen-bond donors (Lipinski definition) is 0. The van der Waals surface area contributed by atoms with E-state index in [1.54, 1.807) is 0 Å². The van der Waals surface area contributed by atoms with E-state index in [9.17, 15) is 4.79 Å². The molecule has 3 rings (SSSR count). The lowest BCUT2D eigenvalue weighted by molar-refractivity contribution is -0.109. The number of aldehydes is 1. The fourth-order valence-corrected chi connectivity index (χ4v) is 1.96. The molecule has 0 aromatic heterocycles. The van der Waals surface area contributed by atoms with Gasteiger partial charge in [0.25, 0.3) is 0 Å². The number of para-hydroxylation sites is 1. The minimum absolute atomic E-state index is 0.481. The van der Waals surface area contributed by atoms with E-state index >= 15 is 0 Å². The van der Waals surface area contributed by atoms with Crippen LogP contribution in [0.2, 0.25) is 0 Å². The number of hydrogen-bond acceptors (Lipinski definition) is 3. The van der Waals surface area contributed by atoms with E-state index in [4.69, 9.17) is 4.74 Å². The van der Waals surface area contributed by atoms with Crippen LogP contribution in [0.4, 0.5) is 0 Å². The van der Waals surface area contributed by atoms with Crippen LogP contribution in [0.25, 0.3) is 0 Å². The lowest BCUT2D eigenvalue weighted by atomic mass is 10.1. The SMILES string of the molecule is O=CC1N=C(c2ccccc2)Oc2ccccc21. The van der Waals surface area contributed by atoms with Gasteiger partial charge >= 0.3 is 0 Å². The molecule has 0 aliphatic carbocycles. The van der Waals surface area contributed by atoms with Crippen LogP contribution >= 0.6 is 0 Å². The van der Waals surface area contributed by atoms with Gasteiger partial charge in [-0.3, -0.25) is 0 Å². The van der Waals surface area contributed by atoms with Gasteiger partial charge in [-0.25, -0.2) is 4.99 Å². The molecule has 0 bridgehead atoms. The molecule has 0 radical (unpaired) electrons. The van der Waals surface area contributed by atoms with Crippen LogP contribution in [-0.4, -0.2) is 12.2 Å². The van der Waals surface area contributed by atoms with Crippen LogP contribution in [0.15, 0.2) is 59.6 Å². The molecule has 1 aliphatic heterocycles. The van der Waals surface area contributed by atoms with Gasteiger partial charge in [0.2, 0.25) is 5.90 Å². The molecule has 3 nitrogen and oxygen atoms in total. The molecule has 0 amide bonds. The van der Waals surface area contributed by atoms with Crippen molar-refractivity contribution in [2.45, 2.75) is 6.04 Å². The summed E-state index contributed by atoms with van der Waals surface area (Å²) in [6.45, 7) is 0. The lowest BCUT2D eigenvalue weighted by Gasteiger charge is -2.20. The van der Waals surface area contributed by atoms with Crippen LogP contribution in [0.1, 0.15) is 17.2 Å². The number of carbonyl (C=O) groups excluding carboxylic acids is 1. The maximum atomic E-state index is 11.1. The second-order valence-corrected chi connectivity index (χ2v) is 4.02. The minimum Gasteiger partial charge on any atom is -0.438 e. The first-order valence-corrected chi connectivity index (χ1v) is 5.74. The summed E-state index contributed by atoms with van der Waals surface area (Å²) >= 11 is 0. The molecule has 0 saturated carbocycles.